The molecule has 0 radical (unpaired) electrons. The molecule has 0 spiro atoms. The smallest absolute Gasteiger partial charge is 0.271 e. The van der Waals surface area contributed by atoms with Crippen molar-refractivity contribution in [1.29, 1.82) is 0 Å². The van der Waals surface area contributed by atoms with Crippen LogP contribution in [0.2, 0.25) is 0 Å². The highest BCUT2D eigenvalue weighted by atomic mass is 79.9. The van der Waals surface area contributed by atoms with Gasteiger partial charge in [-0.15, -0.1) is 0 Å². The lowest BCUT2D eigenvalue weighted by molar-refractivity contribution is 0.0952. The molecule has 0 aliphatic carbocycles. The summed E-state index contributed by atoms with van der Waals surface area (Å²) < 4.78 is 0.714. The number of halogens is 1. The first-order valence-corrected chi connectivity index (χ1v) is 4.79. The summed E-state index contributed by atoms with van der Waals surface area (Å²) in [7, 11) is 0. The number of nitrogens with one attached hydrogen (secondary N) is 1. The minimum absolute atomic E-state index is 0.252. The second-order valence-electron chi connectivity index (χ2n) is 2.74. The van der Waals surface area contributed by atoms with E-state index in [9.17, 15) is 4.79 Å². The maximum Gasteiger partial charge on any atom is 0.271 e. The van der Waals surface area contributed by atoms with Gasteiger partial charge in [-0.3, -0.25) is 9.78 Å². The Balaban J connectivity index is 2.61. The van der Waals surface area contributed by atoms with Gasteiger partial charge in [-0.05, 0) is 6.92 Å². The van der Waals surface area contributed by atoms with Crippen LogP contribution in [0.4, 0.5) is 0 Å². The highest BCUT2D eigenvalue weighted by Crippen LogP contribution is 1.98. The lowest BCUT2D eigenvalue weighted by Gasteiger charge is -2.02. The molecular formula is C9H10BrN3O. The van der Waals surface area contributed by atoms with Gasteiger partial charge >= 0.3 is 0 Å². The Bertz CT molecular complexity index is 348. The summed E-state index contributed by atoms with van der Waals surface area (Å²) in [6.45, 7) is 5.80. The maximum absolute atomic E-state index is 11.4. The minimum atomic E-state index is -0.252. The number of carbonyl (C=O) groups excluding carboxylic acids is 1. The monoisotopic (exact) mass is 255 g/mol. The molecule has 1 heterocycles. The van der Waals surface area contributed by atoms with Gasteiger partial charge < -0.3 is 5.32 Å². The first kappa shape index (κ1) is 10.8. The van der Waals surface area contributed by atoms with E-state index in [1.165, 1.54) is 6.20 Å². The molecule has 4 nitrogen and oxygen atoms in total. The zero-order valence-corrected chi connectivity index (χ0v) is 9.34. The number of rotatable bonds is 3. The fraction of sp³-hybridized carbons (Fsp3) is 0.222. The molecule has 0 atom stereocenters. The highest BCUT2D eigenvalue weighted by Gasteiger charge is 2.06. The van der Waals surface area contributed by atoms with E-state index in [1.54, 1.807) is 6.20 Å². The third-order valence-corrected chi connectivity index (χ3v) is 1.73. The fourth-order valence-electron chi connectivity index (χ4n) is 0.777. The van der Waals surface area contributed by atoms with Crippen molar-refractivity contribution in [1.82, 2.24) is 15.3 Å². The molecule has 0 fully saturated rings. The van der Waals surface area contributed by atoms with Crippen molar-refractivity contribution in [3.8, 4) is 0 Å². The van der Waals surface area contributed by atoms with Crippen molar-refractivity contribution in [3.63, 3.8) is 0 Å². The number of hydrogen-bond donors (Lipinski definition) is 1. The van der Waals surface area contributed by atoms with Gasteiger partial charge in [0.05, 0.1) is 11.9 Å². The highest BCUT2D eigenvalue weighted by molar-refractivity contribution is 9.11. The van der Waals surface area contributed by atoms with Gasteiger partial charge in [0, 0.05) is 17.2 Å². The molecule has 0 bridgehead atoms. The fourth-order valence-corrected chi connectivity index (χ4v) is 0.917. The van der Waals surface area contributed by atoms with Crippen molar-refractivity contribution in [2.24, 2.45) is 0 Å². The molecule has 5 heteroatoms. The molecule has 0 aromatic carbocycles. The average Bonchev–Trinajstić information content (AvgIpc) is 2.15. The number of hydrogen-bond acceptors (Lipinski definition) is 3. The molecule has 0 unspecified atom stereocenters. The summed E-state index contributed by atoms with van der Waals surface area (Å²) in [5, 5.41) is 2.63. The predicted molar refractivity (Wildman–Crippen MR) is 57.2 cm³/mol. The van der Waals surface area contributed by atoms with Crippen LogP contribution in [-0.2, 0) is 0 Å². The molecule has 1 N–H and O–H groups in total. The summed E-state index contributed by atoms with van der Waals surface area (Å²) in [6.07, 6.45) is 3.00. The standard InChI is InChI=1S/C9H10BrN3O/c1-6(10)3-13-9(14)8-5-11-7(2)4-12-8/h4-5H,1,3H2,2H3,(H,13,14). The van der Waals surface area contributed by atoms with E-state index < -0.39 is 0 Å². The van der Waals surface area contributed by atoms with E-state index in [2.05, 4.69) is 37.8 Å². The minimum Gasteiger partial charge on any atom is -0.346 e. The average molecular weight is 256 g/mol. The molecule has 0 aliphatic heterocycles. The molecule has 1 amide bonds. The molecule has 14 heavy (non-hydrogen) atoms. The van der Waals surface area contributed by atoms with Crippen molar-refractivity contribution >= 4 is 21.8 Å². The third-order valence-electron chi connectivity index (χ3n) is 1.45. The van der Waals surface area contributed by atoms with Gasteiger partial charge in [0.15, 0.2) is 0 Å². The number of nitrogens with zero attached hydrogens (tertiary/aromatic N) is 2. The summed E-state index contributed by atoms with van der Waals surface area (Å²) in [6, 6.07) is 0. The van der Waals surface area contributed by atoms with Crippen LogP contribution in [0.3, 0.4) is 0 Å². The zero-order valence-electron chi connectivity index (χ0n) is 7.75. The van der Waals surface area contributed by atoms with Crippen molar-refractivity contribution in [2.45, 2.75) is 6.92 Å². The van der Waals surface area contributed by atoms with Crippen LogP contribution in [-0.4, -0.2) is 22.4 Å². The Labute approximate surface area is 90.6 Å². The summed E-state index contributed by atoms with van der Waals surface area (Å²) in [5.74, 6) is -0.252. The molecule has 0 saturated carbocycles. The second-order valence-corrected chi connectivity index (χ2v) is 3.86. The van der Waals surface area contributed by atoms with Crippen molar-refractivity contribution in [3.05, 3.63) is 34.8 Å². The maximum atomic E-state index is 11.4. The van der Waals surface area contributed by atoms with Crippen LogP contribution in [0, 0.1) is 6.92 Å². The van der Waals surface area contributed by atoms with Crippen molar-refractivity contribution < 1.29 is 4.79 Å². The van der Waals surface area contributed by atoms with Crippen LogP contribution >= 0.6 is 15.9 Å². The summed E-state index contributed by atoms with van der Waals surface area (Å²) in [5.41, 5.74) is 1.09. The molecule has 1 rings (SSSR count). The number of aryl methyl sites for hydroxylation is 1. The summed E-state index contributed by atoms with van der Waals surface area (Å²) >= 11 is 3.14. The van der Waals surface area contributed by atoms with Crippen LogP contribution in [0.5, 0.6) is 0 Å². The molecule has 74 valence electrons. The predicted octanol–water partition coefficient (Wildman–Crippen LogP) is 1.42. The van der Waals surface area contributed by atoms with Gasteiger partial charge in [0.2, 0.25) is 0 Å². The van der Waals surface area contributed by atoms with Crippen LogP contribution in [0.15, 0.2) is 23.5 Å². The number of amides is 1. The second kappa shape index (κ2) is 4.85. The van der Waals surface area contributed by atoms with Gasteiger partial charge in [-0.1, -0.05) is 22.5 Å². The van der Waals surface area contributed by atoms with E-state index in [0.717, 1.165) is 5.69 Å². The van der Waals surface area contributed by atoms with Crippen molar-refractivity contribution in [2.75, 3.05) is 6.54 Å². The van der Waals surface area contributed by atoms with Crippen LogP contribution in [0.25, 0.3) is 0 Å². The van der Waals surface area contributed by atoms with E-state index >= 15 is 0 Å². The zero-order chi connectivity index (χ0) is 10.6. The van der Waals surface area contributed by atoms with Gasteiger partial charge in [-0.2, -0.15) is 0 Å². The lowest BCUT2D eigenvalue weighted by atomic mass is 10.4. The van der Waals surface area contributed by atoms with E-state index in [4.69, 9.17) is 0 Å². The van der Waals surface area contributed by atoms with E-state index in [-0.39, 0.29) is 5.91 Å². The quantitative estimate of drug-likeness (QED) is 0.889. The Morgan fingerprint density at radius 3 is 2.79 bits per heavy atom. The Hall–Kier alpha value is -1.23. The Kier molecular flexibility index (Phi) is 3.76. The first-order chi connectivity index (χ1) is 6.59. The lowest BCUT2D eigenvalue weighted by Crippen LogP contribution is -2.25. The number of carbonyl (C=O) groups is 1. The normalized spacial score (nSPS) is 9.57. The Morgan fingerprint density at radius 1 is 1.57 bits per heavy atom. The van der Waals surface area contributed by atoms with Gasteiger partial charge in [0.1, 0.15) is 5.69 Å². The summed E-state index contributed by atoms with van der Waals surface area (Å²) in [4.78, 5) is 19.3. The van der Waals surface area contributed by atoms with Crippen LogP contribution in [0.1, 0.15) is 16.2 Å². The van der Waals surface area contributed by atoms with E-state index in [1.807, 2.05) is 6.92 Å². The molecule has 1 aromatic heterocycles. The first-order valence-electron chi connectivity index (χ1n) is 3.99. The van der Waals surface area contributed by atoms with Crippen LogP contribution < -0.4 is 5.32 Å². The third kappa shape index (κ3) is 3.26. The SMILES string of the molecule is C=C(Br)CNC(=O)c1cnc(C)cn1. The molecular weight excluding hydrogens is 246 g/mol. The molecule has 0 saturated heterocycles. The van der Waals surface area contributed by atoms with E-state index in [0.29, 0.717) is 16.7 Å². The largest absolute Gasteiger partial charge is 0.346 e. The molecule has 0 aliphatic rings. The topological polar surface area (TPSA) is 54.9 Å². The Morgan fingerprint density at radius 2 is 2.29 bits per heavy atom. The molecule has 1 aromatic rings. The van der Waals surface area contributed by atoms with Gasteiger partial charge in [0.25, 0.3) is 5.91 Å². The van der Waals surface area contributed by atoms with Gasteiger partial charge in [-0.25, -0.2) is 4.98 Å². The number of aromatic nitrogens is 2.